The zero-order valence-corrected chi connectivity index (χ0v) is 10.7. The van der Waals surface area contributed by atoms with Crippen LogP contribution in [0.5, 0.6) is 0 Å². The van der Waals surface area contributed by atoms with E-state index in [0.717, 1.165) is 18.8 Å². The molecule has 0 spiro atoms. The summed E-state index contributed by atoms with van der Waals surface area (Å²) in [6, 6.07) is 4.08. The number of rotatable bonds is 4. The zero-order valence-electron chi connectivity index (χ0n) is 10.7. The van der Waals surface area contributed by atoms with E-state index in [1.54, 1.807) is 0 Å². The van der Waals surface area contributed by atoms with Crippen LogP contribution in [0.2, 0.25) is 0 Å². The summed E-state index contributed by atoms with van der Waals surface area (Å²) in [5, 5.41) is 10.2. The summed E-state index contributed by atoms with van der Waals surface area (Å²) in [4.78, 5) is 4.01. The predicted molar refractivity (Wildman–Crippen MR) is 69.7 cm³/mol. The Morgan fingerprint density at radius 3 is 2.82 bits per heavy atom. The van der Waals surface area contributed by atoms with Gasteiger partial charge in [-0.1, -0.05) is 19.8 Å². The Morgan fingerprint density at radius 1 is 1.35 bits per heavy atom. The summed E-state index contributed by atoms with van der Waals surface area (Å²) in [5.74, 6) is 1.32. The molecule has 0 saturated heterocycles. The summed E-state index contributed by atoms with van der Waals surface area (Å²) in [5.41, 5.74) is 1.28. The van der Waals surface area contributed by atoms with E-state index in [0.29, 0.717) is 5.92 Å². The number of aliphatic hydroxyl groups excluding tert-OH is 1. The smallest absolute Gasteiger partial charge is 0.0571 e. The second kappa shape index (κ2) is 6.15. The second-order valence-electron chi connectivity index (χ2n) is 5.49. The highest BCUT2D eigenvalue weighted by atomic mass is 16.3. The minimum absolute atomic E-state index is 0.120. The minimum atomic E-state index is -0.120. The van der Waals surface area contributed by atoms with Gasteiger partial charge in [0.1, 0.15) is 0 Å². The van der Waals surface area contributed by atoms with E-state index >= 15 is 0 Å². The van der Waals surface area contributed by atoms with Crippen molar-refractivity contribution in [3.63, 3.8) is 0 Å². The summed E-state index contributed by atoms with van der Waals surface area (Å²) in [6.07, 6.45) is 10.4. The fourth-order valence-electron chi connectivity index (χ4n) is 2.93. The van der Waals surface area contributed by atoms with Crippen molar-refractivity contribution in [2.45, 2.75) is 51.6 Å². The molecule has 1 aromatic heterocycles. The van der Waals surface area contributed by atoms with E-state index in [4.69, 9.17) is 0 Å². The lowest BCUT2D eigenvalue weighted by Gasteiger charge is -2.30. The SMILES string of the molecule is CC1CCCC(C(O)CCc2ccncc2)C1. The number of hydrogen-bond donors (Lipinski definition) is 1. The highest BCUT2D eigenvalue weighted by molar-refractivity contribution is 5.09. The maximum atomic E-state index is 10.2. The van der Waals surface area contributed by atoms with E-state index in [-0.39, 0.29) is 6.10 Å². The van der Waals surface area contributed by atoms with Crippen LogP contribution in [0.4, 0.5) is 0 Å². The Morgan fingerprint density at radius 2 is 2.12 bits per heavy atom. The first-order chi connectivity index (χ1) is 8.25. The molecule has 0 amide bonds. The molecule has 1 aliphatic rings. The Bertz CT molecular complexity index is 325. The molecule has 1 saturated carbocycles. The molecular weight excluding hydrogens is 210 g/mol. The van der Waals surface area contributed by atoms with E-state index in [9.17, 15) is 5.11 Å². The Hall–Kier alpha value is -0.890. The van der Waals surface area contributed by atoms with E-state index in [2.05, 4.69) is 11.9 Å². The van der Waals surface area contributed by atoms with Crippen molar-refractivity contribution < 1.29 is 5.11 Å². The van der Waals surface area contributed by atoms with Gasteiger partial charge in [0.15, 0.2) is 0 Å². The molecule has 1 aromatic rings. The number of aliphatic hydroxyl groups is 1. The van der Waals surface area contributed by atoms with E-state index < -0.39 is 0 Å². The van der Waals surface area contributed by atoms with Gasteiger partial charge >= 0.3 is 0 Å². The fraction of sp³-hybridized carbons (Fsp3) is 0.667. The van der Waals surface area contributed by atoms with Crippen LogP contribution in [-0.4, -0.2) is 16.2 Å². The molecule has 1 fully saturated rings. The molecule has 0 aliphatic heterocycles. The summed E-state index contributed by atoms with van der Waals surface area (Å²) < 4.78 is 0. The lowest BCUT2D eigenvalue weighted by atomic mass is 9.78. The van der Waals surface area contributed by atoms with Gasteiger partial charge in [-0.15, -0.1) is 0 Å². The third-order valence-electron chi connectivity index (χ3n) is 4.00. The molecule has 3 unspecified atom stereocenters. The van der Waals surface area contributed by atoms with Crippen LogP contribution in [0.15, 0.2) is 24.5 Å². The molecule has 1 aliphatic carbocycles. The van der Waals surface area contributed by atoms with E-state index in [1.165, 1.54) is 31.2 Å². The molecule has 3 atom stereocenters. The van der Waals surface area contributed by atoms with Gasteiger partial charge in [0.25, 0.3) is 0 Å². The van der Waals surface area contributed by atoms with Gasteiger partial charge in [0.2, 0.25) is 0 Å². The molecule has 2 heteroatoms. The highest BCUT2D eigenvalue weighted by Gasteiger charge is 2.24. The van der Waals surface area contributed by atoms with Crippen molar-refractivity contribution in [1.29, 1.82) is 0 Å². The average molecular weight is 233 g/mol. The van der Waals surface area contributed by atoms with Crippen molar-refractivity contribution >= 4 is 0 Å². The van der Waals surface area contributed by atoms with Crippen molar-refractivity contribution in [2.24, 2.45) is 11.8 Å². The maximum absolute atomic E-state index is 10.2. The quantitative estimate of drug-likeness (QED) is 0.866. The normalized spacial score (nSPS) is 26.7. The Balaban J connectivity index is 1.79. The number of aromatic nitrogens is 1. The van der Waals surface area contributed by atoms with Gasteiger partial charge in [-0.05, 0) is 55.2 Å². The summed E-state index contributed by atoms with van der Waals surface area (Å²) in [7, 11) is 0. The topological polar surface area (TPSA) is 33.1 Å². The molecule has 0 aromatic carbocycles. The molecule has 2 nitrogen and oxygen atoms in total. The molecular formula is C15H23NO. The van der Waals surface area contributed by atoms with Crippen molar-refractivity contribution in [3.8, 4) is 0 Å². The predicted octanol–water partition coefficient (Wildman–Crippen LogP) is 3.20. The summed E-state index contributed by atoms with van der Waals surface area (Å²) >= 11 is 0. The zero-order chi connectivity index (χ0) is 12.1. The molecule has 94 valence electrons. The average Bonchev–Trinajstić information content (AvgIpc) is 2.37. The van der Waals surface area contributed by atoms with Crippen LogP contribution in [0.25, 0.3) is 0 Å². The third-order valence-corrected chi connectivity index (χ3v) is 4.00. The van der Waals surface area contributed by atoms with Crippen LogP contribution < -0.4 is 0 Å². The van der Waals surface area contributed by atoms with Crippen molar-refractivity contribution in [1.82, 2.24) is 4.98 Å². The van der Waals surface area contributed by atoms with Gasteiger partial charge in [0, 0.05) is 12.4 Å². The largest absolute Gasteiger partial charge is 0.393 e. The molecule has 1 N–H and O–H groups in total. The van der Waals surface area contributed by atoms with E-state index in [1.807, 2.05) is 24.5 Å². The maximum Gasteiger partial charge on any atom is 0.0571 e. The second-order valence-corrected chi connectivity index (χ2v) is 5.49. The van der Waals surface area contributed by atoms with Gasteiger partial charge < -0.3 is 5.11 Å². The van der Waals surface area contributed by atoms with Gasteiger partial charge in [-0.25, -0.2) is 0 Å². The lowest BCUT2D eigenvalue weighted by molar-refractivity contribution is 0.0651. The number of aryl methyl sites for hydroxylation is 1. The van der Waals surface area contributed by atoms with Crippen LogP contribution in [-0.2, 0) is 6.42 Å². The lowest BCUT2D eigenvalue weighted by Crippen LogP contribution is -2.26. The van der Waals surface area contributed by atoms with Crippen LogP contribution >= 0.6 is 0 Å². The molecule has 0 bridgehead atoms. The third kappa shape index (κ3) is 3.81. The minimum Gasteiger partial charge on any atom is -0.393 e. The molecule has 2 rings (SSSR count). The van der Waals surface area contributed by atoms with Crippen LogP contribution in [0, 0.1) is 11.8 Å². The molecule has 1 heterocycles. The van der Waals surface area contributed by atoms with Gasteiger partial charge in [0.05, 0.1) is 6.10 Å². The number of pyridine rings is 1. The molecule has 0 radical (unpaired) electrons. The first-order valence-electron chi connectivity index (χ1n) is 6.82. The monoisotopic (exact) mass is 233 g/mol. The first-order valence-corrected chi connectivity index (χ1v) is 6.82. The highest BCUT2D eigenvalue weighted by Crippen LogP contribution is 2.32. The Kier molecular flexibility index (Phi) is 4.55. The first kappa shape index (κ1) is 12.6. The number of nitrogens with zero attached hydrogens (tertiary/aromatic N) is 1. The standard InChI is InChI=1S/C15H23NO/c1-12-3-2-4-14(11-12)15(17)6-5-13-7-9-16-10-8-13/h7-10,12,14-15,17H,2-6,11H2,1H3. The molecule has 17 heavy (non-hydrogen) atoms. The summed E-state index contributed by atoms with van der Waals surface area (Å²) in [6.45, 7) is 2.31. The van der Waals surface area contributed by atoms with Gasteiger partial charge in [-0.2, -0.15) is 0 Å². The number of hydrogen-bond acceptors (Lipinski definition) is 2. The fourth-order valence-corrected chi connectivity index (χ4v) is 2.93. The Labute approximate surface area is 104 Å². The van der Waals surface area contributed by atoms with Crippen molar-refractivity contribution in [2.75, 3.05) is 0 Å². The van der Waals surface area contributed by atoms with Crippen LogP contribution in [0.1, 0.15) is 44.6 Å². The van der Waals surface area contributed by atoms with Crippen molar-refractivity contribution in [3.05, 3.63) is 30.1 Å². The van der Waals surface area contributed by atoms with Gasteiger partial charge in [-0.3, -0.25) is 4.98 Å². The van der Waals surface area contributed by atoms with Crippen LogP contribution in [0.3, 0.4) is 0 Å².